The molecule has 1 heterocycles. The molecule has 1 unspecified atom stereocenters. The maximum absolute atomic E-state index is 11.3. The lowest BCUT2D eigenvalue weighted by atomic mass is 10.1. The van der Waals surface area contributed by atoms with E-state index in [4.69, 9.17) is 0 Å². The number of carboxylic acids is 1. The number of para-hydroxylation sites is 1. The summed E-state index contributed by atoms with van der Waals surface area (Å²) in [5, 5.41) is 9.27. The molecule has 0 saturated carbocycles. The first-order chi connectivity index (χ1) is 8.54. The van der Waals surface area contributed by atoms with E-state index < -0.39 is 5.97 Å². The minimum atomic E-state index is -0.897. The van der Waals surface area contributed by atoms with E-state index in [2.05, 4.69) is 18.8 Å². The van der Waals surface area contributed by atoms with E-state index in [0.29, 0.717) is 11.5 Å². The van der Waals surface area contributed by atoms with Gasteiger partial charge in [0.05, 0.1) is 16.6 Å². The van der Waals surface area contributed by atoms with Gasteiger partial charge in [-0.15, -0.1) is 0 Å². The minimum absolute atomic E-state index is 0.330. The van der Waals surface area contributed by atoms with Gasteiger partial charge in [-0.3, -0.25) is 0 Å². The Morgan fingerprint density at radius 2 is 2.22 bits per heavy atom. The fourth-order valence-corrected chi connectivity index (χ4v) is 2.14. The van der Waals surface area contributed by atoms with E-state index in [-0.39, 0.29) is 0 Å². The van der Waals surface area contributed by atoms with Gasteiger partial charge in [0.25, 0.3) is 0 Å². The zero-order valence-corrected chi connectivity index (χ0v) is 11.0. The molecule has 1 N–H and O–H groups in total. The van der Waals surface area contributed by atoms with Crippen molar-refractivity contribution >= 4 is 17.0 Å². The average Bonchev–Trinajstić information content (AvgIpc) is 2.65. The summed E-state index contributed by atoms with van der Waals surface area (Å²) in [7, 11) is 0. The number of nitrogens with zero attached hydrogens (tertiary/aromatic N) is 2. The van der Waals surface area contributed by atoms with Crippen molar-refractivity contribution in [3.63, 3.8) is 0 Å². The molecule has 2 rings (SSSR count). The van der Waals surface area contributed by atoms with Crippen LogP contribution in [0.1, 0.15) is 36.5 Å². The Hall–Kier alpha value is -1.84. The molecule has 0 amide bonds. The van der Waals surface area contributed by atoms with Crippen LogP contribution >= 0.6 is 0 Å². The van der Waals surface area contributed by atoms with Crippen LogP contribution in [0.15, 0.2) is 18.2 Å². The number of aromatic carboxylic acids is 1. The van der Waals surface area contributed by atoms with Crippen LogP contribution in [-0.2, 0) is 6.54 Å². The highest BCUT2D eigenvalue weighted by molar-refractivity contribution is 6.01. The topological polar surface area (TPSA) is 55.1 Å². The Balaban J connectivity index is 2.63. The predicted molar refractivity (Wildman–Crippen MR) is 70.9 cm³/mol. The summed E-state index contributed by atoms with van der Waals surface area (Å²) in [5.74, 6) is 0.479. The Bertz CT molecular complexity index is 587. The van der Waals surface area contributed by atoms with Gasteiger partial charge in [-0.2, -0.15) is 0 Å². The summed E-state index contributed by atoms with van der Waals surface area (Å²) in [6, 6.07) is 5.24. The third-order valence-corrected chi connectivity index (χ3v) is 3.38. The van der Waals surface area contributed by atoms with Gasteiger partial charge in [0.2, 0.25) is 0 Å². The van der Waals surface area contributed by atoms with Crippen LogP contribution in [0, 0.1) is 12.8 Å². The Morgan fingerprint density at radius 1 is 1.50 bits per heavy atom. The van der Waals surface area contributed by atoms with Gasteiger partial charge in [0, 0.05) is 6.54 Å². The summed E-state index contributed by atoms with van der Waals surface area (Å²) < 4.78 is 2.02. The number of hydrogen-bond donors (Lipinski definition) is 1. The molecule has 0 saturated heterocycles. The molecule has 0 aliphatic rings. The number of benzene rings is 1. The largest absolute Gasteiger partial charge is 0.478 e. The molecule has 1 aromatic carbocycles. The number of carbonyl (C=O) groups is 1. The van der Waals surface area contributed by atoms with Gasteiger partial charge in [0.15, 0.2) is 0 Å². The fourth-order valence-electron chi connectivity index (χ4n) is 2.14. The van der Waals surface area contributed by atoms with E-state index >= 15 is 0 Å². The van der Waals surface area contributed by atoms with E-state index in [1.807, 2.05) is 17.6 Å². The maximum Gasteiger partial charge on any atom is 0.337 e. The second-order valence-electron chi connectivity index (χ2n) is 4.76. The van der Waals surface area contributed by atoms with Crippen LogP contribution < -0.4 is 0 Å². The molecule has 0 bridgehead atoms. The fraction of sp³-hybridized carbons (Fsp3) is 0.429. The summed E-state index contributed by atoms with van der Waals surface area (Å²) in [6.07, 6.45) is 1.06. The van der Waals surface area contributed by atoms with Gasteiger partial charge in [-0.05, 0) is 25.0 Å². The van der Waals surface area contributed by atoms with Crippen LogP contribution in [-0.4, -0.2) is 20.6 Å². The third kappa shape index (κ3) is 2.10. The molecular weight excluding hydrogens is 228 g/mol. The molecule has 1 atom stereocenters. The summed E-state index contributed by atoms with van der Waals surface area (Å²) in [5.41, 5.74) is 1.83. The van der Waals surface area contributed by atoms with Gasteiger partial charge < -0.3 is 9.67 Å². The first kappa shape index (κ1) is 12.6. The molecule has 4 heteroatoms. The van der Waals surface area contributed by atoms with Crippen molar-refractivity contribution in [2.45, 2.75) is 33.7 Å². The molecule has 0 radical (unpaired) electrons. The van der Waals surface area contributed by atoms with Crippen molar-refractivity contribution in [3.05, 3.63) is 29.6 Å². The molecule has 4 nitrogen and oxygen atoms in total. The number of aryl methyl sites for hydroxylation is 1. The quantitative estimate of drug-likeness (QED) is 0.901. The van der Waals surface area contributed by atoms with Crippen molar-refractivity contribution in [2.24, 2.45) is 5.92 Å². The highest BCUT2D eigenvalue weighted by Crippen LogP contribution is 2.22. The molecule has 0 spiro atoms. The lowest BCUT2D eigenvalue weighted by Crippen LogP contribution is -2.10. The van der Waals surface area contributed by atoms with Crippen LogP contribution in [0.2, 0.25) is 0 Å². The number of hydrogen-bond acceptors (Lipinski definition) is 2. The third-order valence-electron chi connectivity index (χ3n) is 3.38. The first-order valence-corrected chi connectivity index (χ1v) is 6.23. The van der Waals surface area contributed by atoms with Crippen LogP contribution in [0.25, 0.3) is 11.0 Å². The molecule has 0 aliphatic carbocycles. The maximum atomic E-state index is 11.3. The molecule has 1 aromatic heterocycles. The van der Waals surface area contributed by atoms with Crippen LogP contribution in [0.3, 0.4) is 0 Å². The normalized spacial score (nSPS) is 12.8. The number of aromatic nitrogens is 2. The molecular formula is C14H18N2O2. The number of rotatable bonds is 4. The van der Waals surface area contributed by atoms with Gasteiger partial charge >= 0.3 is 5.97 Å². The highest BCUT2D eigenvalue weighted by Gasteiger charge is 2.16. The molecule has 96 valence electrons. The van der Waals surface area contributed by atoms with E-state index in [1.165, 1.54) is 0 Å². The Morgan fingerprint density at radius 3 is 2.83 bits per heavy atom. The lowest BCUT2D eigenvalue weighted by Gasteiger charge is -2.13. The van der Waals surface area contributed by atoms with E-state index in [1.54, 1.807) is 12.1 Å². The SMILES string of the molecule is CCC(C)Cn1c(C)nc2cccc(C(=O)O)c21. The van der Waals surface area contributed by atoms with Crippen molar-refractivity contribution in [3.8, 4) is 0 Å². The van der Waals surface area contributed by atoms with Crippen LogP contribution in [0.5, 0.6) is 0 Å². The minimum Gasteiger partial charge on any atom is -0.478 e. The molecule has 0 fully saturated rings. The van der Waals surface area contributed by atoms with Crippen LogP contribution in [0.4, 0.5) is 0 Å². The summed E-state index contributed by atoms with van der Waals surface area (Å²) in [6.45, 7) is 7.03. The van der Waals surface area contributed by atoms with E-state index in [9.17, 15) is 9.90 Å². The monoisotopic (exact) mass is 246 g/mol. The average molecular weight is 246 g/mol. The van der Waals surface area contributed by atoms with Gasteiger partial charge in [-0.1, -0.05) is 26.3 Å². The predicted octanol–water partition coefficient (Wildman–Crippen LogP) is 3.09. The second kappa shape index (κ2) is 4.80. The summed E-state index contributed by atoms with van der Waals surface area (Å²) >= 11 is 0. The highest BCUT2D eigenvalue weighted by atomic mass is 16.4. The van der Waals surface area contributed by atoms with Gasteiger partial charge in [0.1, 0.15) is 5.82 Å². The van der Waals surface area contributed by atoms with Crippen molar-refractivity contribution in [1.82, 2.24) is 9.55 Å². The van der Waals surface area contributed by atoms with Crippen molar-refractivity contribution in [1.29, 1.82) is 0 Å². The second-order valence-corrected chi connectivity index (χ2v) is 4.76. The zero-order valence-electron chi connectivity index (χ0n) is 11.0. The number of fused-ring (bicyclic) bond motifs is 1. The lowest BCUT2D eigenvalue weighted by molar-refractivity contribution is 0.0698. The first-order valence-electron chi connectivity index (χ1n) is 6.23. The smallest absolute Gasteiger partial charge is 0.337 e. The summed E-state index contributed by atoms with van der Waals surface area (Å²) in [4.78, 5) is 15.7. The zero-order chi connectivity index (χ0) is 13.3. The number of carboxylic acid groups (broad SMARTS) is 1. The molecule has 0 aliphatic heterocycles. The Kier molecular flexibility index (Phi) is 3.36. The van der Waals surface area contributed by atoms with E-state index in [0.717, 1.165) is 29.8 Å². The Labute approximate surface area is 106 Å². The van der Waals surface area contributed by atoms with Gasteiger partial charge in [-0.25, -0.2) is 9.78 Å². The standard InChI is InChI=1S/C14H18N2O2/c1-4-9(2)8-16-10(3)15-12-7-5-6-11(13(12)16)14(17)18/h5-7,9H,4,8H2,1-3H3,(H,17,18). The number of imidazole rings is 1. The molecule has 2 aromatic rings. The van der Waals surface area contributed by atoms with Crippen molar-refractivity contribution in [2.75, 3.05) is 0 Å². The molecule has 18 heavy (non-hydrogen) atoms. The van der Waals surface area contributed by atoms with Crippen molar-refractivity contribution < 1.29 is 9.90 Å².